The number of hydrogen-bond donors (Lipinski definition) is 2. The maximum Gasteiger partial charge on any atom is 0.247 e. The van der Waals surface area contributed by atoms with Gasteiger partial charge in [-0.3, -0.25) is 0 Å². The van der Waals surface area contributed by atoms with Crippen molar-refractivity contribution in [2.75, 3.05) is 5.32 Å². The molecule has 3 aromatic carbocycles. The van der Waals surface area contributed by atoms with Crippen molar-refractivity contribution >= 4 is 33.4 Å². The number of hydrogen-bond acceptors (Lipinski definition) is 7. The summed E-state index contributed by atoms with van der Waals surface area (Å²) < 4.78 is 7.08. The monoisotopic (exact) mass is 492 g/mol. The van der Waals surface area contributed by atoms with Gasteiger partial charge in [-0.1, -0.05) is 76.2 Å². The number of aromatic nitrogens is 3. The van der Waals surface area contributed by atoms with Gasteiger partial charge < -0.3 is 15.2 Å². The SMILES string of the molecule is Oc1ccc(Br)c([C@@H]2Nc3ccccc3-c3nnc(SCc4ccccc4)nc3O2)c1. The molecule has 1 aliphatic rings. The number of benzene rings is 3. The van der Waals surface area contributed by atoms with E-state index in [4.69, 9.17) is 4.74 Å². The number of phenols is 1. The van der Waals surface area contributed by atoms with Gasteiger partial charge in [-0.15, -0.1) is 10.2 Å². The predicted molar refractivity (Wildman–Crippen MR) is 124 cm³/mol. The van der Waals surface area contributed by atoms with Gasteiger partial charge in [0.1, 0.15) is 5.75 Å². The van der Waals surface area contributed by atoms with Crippen LogP contribution in [0.2, 0.25) is 0 Å². The lowest BCUT2D eigenvalue weighted by molar-refractivity contribution is 0.224. The number of nitrogens with zero attached hydrogens (tertiary/aromatic N) is 3. The van der Waals surface area contributed by atoms with Gasteiger partial charge in [0, 0.05) is 27.0 Å². The van der Waals surface area contributed by atoms with Crippen LogP contribution in [0.1, 0.15) is 17.4 Å². The topological polar surface area (TPSA) is 80.2 Å². The molecule has 154 valence electrons. The molecule has 2 N–H and O–H groups in total. The Balaban J connectivity index is 1.53. The summed E-state index contributed by atoms with van der Waals surface area (Å²) in [7, 11) is 0. The van der Waals surface area contributed by atoms with Crippen LogP contribution in [-0.4, -0.2) is 20.3 Å². The number of aromatic hydroxyl groups is 1. The summed E-state index contributed by atoms with van der Waals surface area (Å²) in [5.41, 5.74) is 4.21. The summed E-state index contributed by atoms with van der Waals surface area (Å²) in [4.78, 5) is 4.66. The normalized spacial score (nSPS) is 14.5. The Bertz CT molecular complexity index is 1240. The maximum absolute atomic E-state index is 10.0. The quantitative estimate of drug-likeness (QED) is 0.348. The van der Waals surface area contributed by atoms with Gasteiger partial charge in [-0.05, 0) is 29.8 Å². The molecule has 0 spiro atoms. The Kier molecular flexibility index (Phi) is 5.48. The second-order valence-corrected chi connectivity index (χ2v) is 8.71. The Morgan fingerprint density at radius 3 is 2.68 bits per heavy atom. The molecular weight excluding hydrogens is 476 g/mol. The van der Waals surface area contributed by atoms with Crippen molar-refractivity contribution in [3.8, 4) is 22.9 Å². The van der Waals surface area contributed by atoms with E-state index in [-0.39, 0.29) is 5.75 Å². The summed E-state index contributed by atoms with van der Waals surface area (Å²) in [5.74, 6) is 1.28. The summed E-state index contributed by atoms with van der Waals surface area (Å²) in [5, 5.41) is 22.7. The summed E-state index contributed by atoms with van der Waals surface area (Å²) in [6, 6.07) is 23.0. The Morgan fingerprint density at radius 2 is 1.81 bits per heavy atom. The van der Waals surface area contributed by atoms with Gasteiger partial charge in [0.25, 0.3) is 0 Å². The predicted octanol–water partition coefficient (Wildman–Crippen LogP) is 5.80. The number of para-hydroxylation sites is 1. The second kappa shape index (κ2) is 8.56. The largest absolute Gasteiger partial charge is 0.508 e. The zero-order valence-corrected chi connectivity index (χ0v) is 18.6. The molecule has 0 amide bonds. The minimum atomic E-state index is -0.576. The average Bonchev–Trinajstić information content (AvgIpc) is 2.96. The van der Waals surface area contributed by atoms with Crippen LogP contribution in [0, 0.1) is 0 Å². The van der Waals surface area contributed by atoms with E-state index in [9.17, 15) is 5.11 Å². The number of anilines is 1. The van der Waals surface area contributed by atoms with Crippen molar-refractivity contribution in [1.82, 2.24) is 15.2 Å². The first-order chi connectivity index (χ1) is 15.2. The molecule has 4 aromatic rings. The van der Waals surface area contributed by atoms with Crippen molar-refractivity contribution < 1.29 is 9.84 Å². The molecule has 5 rings (SSSR count). The minimum absolute atomic E-state index is 0.154. The summed E-state index contributed by atoms with van der Waals surface area (Å²) >= 11 is 5.06. The average molecular weight is 493 g/mol. The Hall–Kier alpha value is -3.10. The maximum atomic E-state index is 10.0. The molecule has 0 saturated heterocycles. The third-order valence-electron chi connectivity index (χ3n) is 4.81. The number of ether oxygens (including phenoxy) is 1. The molecule has 31 heavy (non-hydrogen) atoms. The molecule has 0 bridgehead atoms. The summed E-state index contributed by atoms with van der Waals surface area (Å²) in [6.45, 7) is 0. The zero-order valence-electron chi connectivity index (χ0n) is 16.2. The lowest BCUT2D eigenvalue weighted by Gasteiger charge is -2.20. The third-order valence-corrected chi connectivity index (χ3v) is 6.44. The summed E-state index contributed by atoms with van der Waals surface area (Å²) in [6.07, 6.45) is -0.576. The van der Waals surface area contributed by atoms with Gasteiger partial charge in [0.15, 0.2) is 11.9 Å². The van der Waals surface area contributed by atoms with E-state index in [0.29, 0.717) is 16.7 Å². The van der Waals surface area contributed by atoms with Gasteiger partial charge in [0.2, 0.25) is 11.0 Å². The van der Waals surface area contributed by atoms with Gasteiger partial charge >= 0.3 is 0 Å². The molecule has 6 nitrogen and oxygen atoms in total. The van der Waals surface area contributed by atoms with E-state index in [1.807, 2.05) is 42.5 Å². The number of fused-ring (bicyclic) bond motifs is 3. The first kappa shape index (κ1) is 19.8. The fourth-order valence-corrected chi connectivity index (χ4v) is 4.49. The highest BCUT2D eigenvalue weighted by molar-refractivity contribution is 9.10. The van der Waals surface area contributed by atoms with Crippen molar-refractivity contribution in [1.29, 1.82) is 0 Å². The fraction of sp³-hybridized carbons (Fsp3) is 0.0870. The number of thioether (sulfide) groups is 1. The molecule has 1 aromatic heterocycles. The van der Waals surface area contributed by atoms with Crippen molar-refractivity contribution in [2.24, 2.45) is 0 Å². The number of phenolic OH excluding ortho intramolecular Hbond substituents is 1. The highest BCUT2D eigenvalue weighted by atomic mass is 79.9. The molecule has 0 fully saturated rings. The van der Waals surface area contributed by atoms with Crippen LogP contribution in [0.4, 0.5) is 5.69 Å². The lowest BCUT2D eigenvalue weighted by atomic mass is 10.1. The standard InChI is InChI=1S/C23H17BrN4O2S/c24-18-11-10-15(29)12-17(18)21-25-19-9-5-4-8-16(19)20-22(30-21)26-23(28-27-20)31-13-14-6-2-1-3-7-14/h1-12,21,25,29H,13H2/t21-/m1/s1. The Morgan fingerprint density at radius 1 is 1.00 bits per heavy atom. The molecule has 0 radical (unpaired) electrons. The van der Waals surface area contributed by atoms with Crippen LogP contribution in [0.15, 0.2) is 82.4 Å². The van der Waals surface area contributed by atoms with E-state index in [1.165, 1.54) is 17.3 Å². The molecule has 0 unspecified atom stereocenters. The first-order valence-corrected chi connectivity index (χ1v) is 11.4. The molecule has 1 atom stereocenters. The highest BCUT2D eigenvalue weighted by Gasteiger charge is 2.27. The van der Waals surface area contributed by atoms with Crippen LogP contribution >= 0.6 is 27.7 Å². The Labute approximate surface area is 191 Å². The molecule has 0 saturated carbocycles. The van der Waals surface area contributed by atoms with Gasteiger partial charge in [-0.2, -0.15) is 4.98 Å². The van der Waals surface area contributed by atoms with Crippen molar-refractivity contribution in [2.45, 2.75) is 17.1 Å². The van der Waals surface area contributed by atoms with Crippen LogP contribution in [-0.2, 0) is 5.75 Å². The van der Waals surface area contributed by atoms with E-state index in [0.717, 1.165) is 27.0 Å². The van der Waals surface area contributed by atoms with E-state index < -0.39 is 6.23 Å². The minimum Gasteiger partial charge on any atom is -0.508 e. The van der Waals surface area contributed by atoms with Crippen LogP contribution in [0.25, 0.3) is 11.3 Å². The van der Waals surface area contributed by atoms with E-state index in [2.05, 4.69) is 48.6 Å². The molecule has 1 aliphatic heterocycles. The molecule has 8 heteroatoms. The zero-order chi connectivity index (χ0) is 21.2. The number of nitrogens with one attached hydrogen (secondary N) is 1. The number of rotatable bonds is 4. The highest BCUT2D eigenvalue weighted by Crippen LogP contribution is 2.41. The van der Waals surface area contributed by atoms with Gasteiger partial charge in [0.05, 0.1) is 0 Å². The molecule has 2 heterocycles. The van der Waals surface area contributed by atoms with Gasteiger partial charge in [-0.25, -0.2) is 0 Å². The second-order valence-electron chi connectivity index (χ2n) is 6.92. The third kappa shape index (κ3) is 4.22. The fourth-order valence-electron chi connectivity index (χ4n) is 3.30. The molecule has 0 aliphatic carbocycles. The lowest BCUT2D eigenvalue weighted by Crippen LogP contribution is -2.17. The van der Waals surface area contributed by atoms with Crippen molar-refractivity contribution in [3.05, 3.63) is 88.4 Å². The van der Waals surface area contributed by atoms with Crippen LogP contribution in [0.3, 0.4) is 0 Å². The first-order valence-electron chi connectivity index (χ1n) is 9.60. The van der Waals surface area contributed by atoms with Crippen molar-refractivity contribution in [3.63, 3.8) is 0 Å². The van der Waals surface area contributed by atoms with Crippen LogP contribution in [0.5, 0.6) is 11.6 Å². The van der Waals surface area contributed by atoms with E-state index >= 15 is 0 Å². The van der Waals surface area contributed by atoms with E-state index in [1.54, 1.807) is 18.2 Å². The number of halogens is 1. The molecular formula is C23H17BrN4O2S. The smallest absolute Gasteiger partial charge is 0.247 e. The van der Waals surface area contributed by atoms with Crippen LogP contribution < -0.4 is 10.1 Å².